The molecule has 2 N–H and O–H groups in total. The van der Waals surface area contributed by atoms with Crippen molar-refractivity contribution in [1.29, 1.82) is 0 Å². The quantitative estimate of drug-likeness (QED) is 0.732. The van der Waals surface area contributed by atoms with E-state index in [0.717, 1.165) is 0 Å². The van der Waals surface area contributed by atoms with Gasteiger partial charge in [-0.05, 0) is 20.3 Å². The van der Waals surface area contributed by atoms with Gasteiger partial charge in [-0.3, -0.25) is 0 Å². The fraction of sp³-hybridized carbons (Fsp3) is 0.583. The Morgan fingerprint density at radius 1 is 1.40 bits per heavy atom. The van der Waals surface area contributed by atoms with Gasteiger partial charge in [0.2, 0.25) is 10.0 Å². The molecule has 0 spiro atoms. The number of nitrogens with one attached hydrogen (secondary N) is 1. The van der Waals surface area contributed by atoms with E-state index in [2.05, 4.69) is 4.98 Å². The van der Waals surface area contributed by atoms with Gasteiger partial charge in [0.1, 0.15) is 10.6 Å². The van der Waals surface area contributed by atoms with Crippen LogP contribution in [0.15, 0.2) is 4.90 Å². The van der Waals surface area contributed by atoms with Gasteiger partial charge in [0.05, 0.1) is 0 Å². The Morgan fingerprint density at radius 2 is 2.00 bits per heavy atom. The molecule has 0 fully saturated rings. The molecule has 0 radical (unpaired) electrons. The number of nitrogens with zero attached hydrogens (tertiary/aromatic N) is 1. The average molecular weight is 304 g/mol. The molecule has 1 rings (SSSR count). The zero-order valence-corrected chi connectivity index (χ0v) is 12.9. The lowest BCUT2D eigenvalue weighted by Gasteiger charge is -2.17. The van der Waals surface area contributed by atoms with Gasteiger partial charge in [-0.15, -0.1) is 0 Å². The Balaban J connectivity index is 3.13. The maximum Gasteiger partial charge on any atom is 0.352 e. The number of sulfonamides is 1. The SMILES string of the molecule is COCCCN(C)S(=O)(=O)c1c(C)[nH]c(C(=O)O)c1C. The molecule has 20 heavy (non-hydrogen) atoms. The van der Waals surface area contributed by atoms with E-state index in [1.165, 1.54) is 18.3 Å². The van der Waals surface area contributed by atoms with Gasteiger partial charge in [-0.1, -0.05) is 0 Å². The normalized spacial score (nSPS) is 12.1. The average Bonchev–Trinajstić information content (AvgIpc) is 2.65. The molecule has 0 atom stereocenters. The standard InChI is InChI=1S/C12H20N2O5S/c1-8-10(12(15)16)13-9(2)11(8)20(17,18)14(3)6-5-7-19-4/h13H,5-7H2,1-4H3,(H,15,16). The second-order valence-electron chi connectivity index (χ2n) is 4.56. The maximum atomic E-state index is 12.5. The molecule has 0 saturated heterocycles. The number of methoxy groups -OCH3 is 1. The van der Waals surface area contributed by atoms with E-state index in [4.69, 9.17) is 9.84 Å². The van der Waals surface area contributed by atoms with Crippen molar-refractivity contribution in [3.05, 3.63) is 17.0 Å². The number of aryl methyl sites for hydroxylation is 1. The van der Waals surface area contributed by atoms with Gasteiger partial charge in [0, 0.05) is 38.6 Å². The Morgan fingerprint density at radius 3 is 2.45 bits per heavy atom. The minimum absolute atomic E-state index is 0.0369. The van der Waals surface area contributed by atoms with Gasteiger partial charge in [0.15, 0.2) is 0 Å². The van der Waals surface area contributed by atoms with Gasteiger partial charge in [-0.2, -0.15) is 0 Å². The number of aromatic amines is 1. The molecular formula is C12H20N2O5S. The first kappa shape index (κ1) is 16.7. The molecule has 0 bridgehead atoms. The number of hydrogen-bond donors (Lipinski definition) is 2. The predicted octanol–water partition coefficient (Wildman–Crippen LogP) is 0.987. The number of ether oxygens (including phenoxy) is 1. The first-order valence-corrected chi connectivity index (χ1v) is 7.55. The summed E-state index contributed by atoms with van der Waals surface area (Å²) in [6.07, 6.45) is 0.570. The number of aromatic carboxylic acids is 1. The first-order valence-electron chi connectivity index (χ1n) is 6.11. The largest absolute Gasteiger partial charge is 0.477 e. The molecule has 0 aromatic carbocycles. The van der Waals surface area contributed by atoms with Crippen LogP contribution in [0.4, 0.5) is 0 Å². The van der Waals surface area contributed by atoms with Crippen molar-refractivity contribution in [2.45, 2.75) is 25.2 Å². The molecule has 1 aromatic heterocycles. The van der Waals surface area contributed by atoms with E-state index >= 15 is 0 Å². The lowest BCUT2D eigenvalue weighted by Crippen LogP contribution is -2.29. The highest BCUT2D eigenvalue weighted by Gasteiger charge is 2.29. The Kier molecular flexibility index (Phi) is 5.32. The van der Waals surface area contributed by atoms with Gasteiger partial charge < -0.3 is 14.8 Å². The Bertz CT molecular complexity index is 591. The van der Waals surface area contributed by atoms with Crippen LogP contribution in [0.25, 0.3) is 0 Å². The molecule has 114 valence electrons. The Hall–Kier alpha value is -1.38. The summed E-state index contributed by atoms with van der Waals surface area (Å²) in [6, 6.07) is 0. The number of hydrogen-bond acceptors (Lipinski definition) is 4. The van der Waals surface area contributed by atoms with Crippen LogP contribution in [-0.4, -0.2) is 56.1 Å². The van der Waals surface area contributed by atoms with Gasteiger partial charge in [0.25, 0.3) is 0 Å². The van der Waals surface area contributed by atoms with Gasteiger partial charge >= 0.3 is 5.97 Å². The molecule has 1 heterocycles. The Labute approximate surface area is 118 Å². The molecule has 0 saturated carbocycles. The number of aromatic nitrogens is 1. The number of rotatable bonds is 7. The second-order valence-corrected chi connectivity index (χ2v) is 6.54. The van der Waals surface area contributed by atoms with Crippen LogP contribution in [0.5, 0.6) is 0 Å². The summed E-state index contributed by atoms with van der Waals surface area (Å²) in [5.41, 5.74) is 0.471. The summed E-state index contributed by atoms with van der Waals surface area (Å²) in [5, 5.41) is 9.02. The van der Waals surface area contributed by atoms with Crippen LogP contribution < -0.4 is 0 Å². The van der Waals surface area contributed by atoms with Crippen LogP contribution in [0.2, 0.25) is 0 Å². The number of carbonyl (C=O) groups is 1. The molecule has 0 unspecified atom stereocenters. The van der Waals surface area contributed by atoms with Crippen LogP contribution in [-0.2, 0) is 14.8 Å². The molecule has 7 nitrogen and oxygen atoms in total. The molecule has 0 aliphatic carbocycles. The van der Waals surface area contributed by atoms with E-state index in [1.807, 2.05) is 0 Å². The van der Waals surface area contributed by atoms with Gasteiger partial charge in [-0.25, -0.2) is 17.5 Å². The molecule has 0 aliphatic heterocycles. The van der Waals surface area contributed by atoms with Crippen molar-refractivity contribution >= 4 is 16.0 Å². The van der Waals surface area contributed by atoms with Crippen molar-refractivity contribution in [3.8, 4) is 0 Å². The van der Waals surface area contributed by atoms with Crippen LogP contribution in [0.1, 0.15) is 28.2 Å². The second kappa shape index (κ2) is 6.38. The predicted molar refractivity (Wildman–Crippen MR) is 73.5 cm³/mol. The molecule has 8 heteroatoms. The monoisotopic (exact) mass is 304 g/mol. The van der Waals surface area contributed by atoms with Crippen LogP contribution in [0.3, 0.4) is 0 Å². The van der Waals surface area contributed by atoms with E-state index in [1.54, 1.807) is 14.0 Å². The van der Waals surface area contributed by atoms with Crippen molar-refractivity contribution in [3.63, 3.8) is 0 Å². The summed E-state index contributed by atoms with van der Waals surface area (Å²) >= 11 is 0. The minimum atomic E-state index is -3.71. The third-order valence-electron chi connectivity index (χ3n) is 3.07. The van der Waals surface area contributed by atoms with Crippen molar-refractivity contribution < 1.29 is 23.1 Å². The van der Waals surface area contributed by atoms with E-state index in [-0.39, 0.29) is 16.2 Å². The zero-order valence-electron chi connectivity index (χ0n) is 12.1. The summed E-state index contributed by atoms with van der Waals surface area (Å²) < 4.78 is 31.0. The van der Waals surface area contributed by atoms with Crippen molar-refractivity contribution in [2.24, 2.45) is 0 Å². The first-order chi connectivity index (χ1) is 9.23. The molecule has 1 aromatic rings. The van der Waals surface area contributed by atoms with Crippen molar-refractivity contribution in [2.75, 3.05) is 27.3 Å². The molecule has 0 aliphatic rings. The zero-order chi connectivity index (χ0) is 15.5. The topological polar surface area (TPSA) is 99.7 Å². The number of H-pyrrole nitrogens is 1. The molecule has 0 amide bonds. The molecular weight excluding hydrogens is 284 g/mol. The summed E-state index contributed by atoms with van der Waals surface area (Å²) in [7, 11) is -0.691. The lowest BCUT2D eigenvalue weighted by atomic mass is 10.2. The fourth-order valence-corrected chi connectivity index (χ4v) is 3.65. The number of carboxylic acids is 1. The van der Waals surface area contributed by atoms with E-state index < -0.39 is 16.0 Å². The third-order valence-corrected chi connectivity index (χ3v) is 5.20. The fourth-order valence-electron chi connectivity index (χ4n) is 2.04. The highest BCUT2D eigenvalue weighted by Crippen LogP contribution is 2.25. The lowest BCUT2D eigenvalue weighted by molar-refractivity contribution is 0.0690. The highest BCUT2D eigenvalue weighted by atomic mass is 32.2. The summed E-state index contributed by atoms with van der Waals surface area (Å²) in [6.45, 7) is 3.81. The van der Waals surface area contributed by atoms with E-state index in [9.17, 15) is 13.2 Å². The highest BCUT2D eigenvalue weighted by molar-refractivity contribution is 7.89. The third kappa shape index (κ3) is 3.20. The summed E-state index contributed by atoms with van der Waals surface area (Å²) in [5.74, 6) is -1.17. The van der Waals surface area contributed by atoms with Crippen LogP contribution in [0, 0.1) is 13.8 Å². The smallest absolute Gasteiger partial charge is 0.352 e. The van der Waals surface area contributed by atoms with E-state index in [0.29, 0.717) is 25.3 Å². The number of carboxylic acid groups (broad SMARTS) is 1. The maximum absolute atomic E-state index is 12.5. The van der Waals surface area contributed by atoms with Crippen LogP contribution >= 0.6 is 0 Å². The van der Waals surface area contributed by atoms with Crippen molar-refractivity contribution in [1.82, 2.24) is 9.29 Å². The summed E-state index contributed by atoms with van der Waals surface area (Å²) in [4.78, 5) is 13.7. The minimum Gasteiger partial charge on any atom is -0.477 e.